The molecule has 2 aromatic rings. The summed E-state index contributed by atoms with van der Waals surface area (Å²) in [5.74, 6) is 0. The number of H-pyrrole nitrogens is 1. The minimum atomic E-state index is -0.350. The number of rotatable bonds is 4. The zero-order chi connectivity index (χ0) is 13.1. The molecule has 0 amide bonds. The Morgan fingerprint density at radius 2 is 2.11 bits per heavy atom. The number of hydrogen-bond donors (Lipinski definition) is 2. The van der Waals surface area contributed by atoms with Crippen LogP contribution >= 0.6 is 0 Å². The van der Waals surface area contributed by atoms with Gasteiger partial charge < -0.3 is 10.3 Å². The summed E-state index contributed by atoms with van der Waals surface area (Å²) in [6.45, 7) is 4.28. The van der Waals surface area contributed by atoms with Crippen molar-refractivity contribution in [1.29, 1.82) is 0 Å². The molecule has 0 spiro atoms. The minimum Gasteiger partial charge on any atom is -0.379 e. The molecule has 0 fully saturated rings. The fourth-order valence-electron chi connectivity index (χ4n) is 1.86. The zero-order valence-electron chi connectivity index (χ0n) is 10.4. The van der Waals surface area contributed by atoms with Crippen LogP contribution in [-0.2, 0) is 6.54 Å². The molecule has 0 saturated heterocycles. The highest BCUT2D eigenvalue weighted by Crippen LogP contribution is 2.26. The van der Waals surface area contributed by atoms with Gasteiger partial charge in [0.15, 0.2) is 0 Å². The van der Waals surface area contributed by atoms with E-state index < -0.39 is 0 Å². The van der Waals surface area contributed by atoms with Crippen LogP contribution in [0.3, 0.4) is 0 Å². The molecule has 0 saturated carbocycles. The van der Waals surface area contributed by atoms with E-state index in [2.05, 4.69) is 10.3 Å². The number of nitrogens with zero attached hydrogens (tertiary/aromatic N) is 1. The van der Waals surface area contributed by atoms with Crippen molar-refractivity contribution in [3.63, 3.8) is 0 Å². The van der Waals surface area contributed by atoms with E-state index in [0.717, 1.165) is 16.9 Å². The lowest BCUT2D eigenvalue weighted by atomic mass is 10.1. The van der Waals surface area contributed by atoms with Crippen LogP contribution in [0.25, 0.3) is 0 Å². The molecule has 0 bridgehead atoms. The molecule has 0 aliphatic rings. The molecule has 5 nitrogen and oxygen atoms in total. The summed E-state index contributed by atoms with van der Waals surface area (Å²) in [7, 11) is 0. The number of aromatic amines is 1. The molecule has 1 heterocycles. The highest BCUT2D eigenvalue weighted by atomic mass is 16.6. The van der Waals surface area contributed by atoms with Gasteiger partial charge in [-0.1, -0.05) is 0 Å². The Balaban J connectivity index is 2.19. The zero-order valence-corrected chi connectivity index (χ0v) is 10.4. The third kappa shape index (κ3) is 2.51. The molecule has 5 heteroatoms. The first-order chi connectivity index (χ1) is 8.58. The maximum absolute atomic E-state index is 10.8. The average Bonchev–Trinajstić information content (AvgIpc) is 2.82. The molecule has 94 valence electrons. The molecule has 0 aliphatic heterocycles. The molecular formula is C13H15N3O2. The fourth-order valence-corrected chi connectivity index (χ4v) is 1.86. The largest absolute Gasteiger partial charge is 0.379 e. The Kier molecular flexibility index (Phi) is 3.32. The smallest absolute Gasteiger partial charge is 0.272 e. The van der Waals surface area contributed by atoms with Gasteiger partial charge in [-0.3, -0.25) is 10.1 Å². The normalized spacial score (nSPS) is 10.3. The van der Waals surface area contributed by atoms with Gasteiger partial charge in [-0.15, -0.1) is 0 Å². The first-order valence-electron chi connectivity index (χ1n) is 5.69. The van der Waals surface area contributed by atoms with Crippen LogP contribution in [0.5, 0.6) is 0 Å². The predicted octanol–water partition coefficient (Wildman–Crippen LogP) is 3.15. The third-order valence-corrected chi connectivity index (χ3v) is 2.87. The Labute approximate surface area is 105 Å². The van der Waals surface area contributed by atoms with Crippen LogP contribution < -0.4 is 5.32 Å². The van der Waals surface area contributed by atoms with Gasteiger partial charge in [0.05, 0.1) is 11.5 Å². The van der Waals surface area contributed by atoms with E-state index >= 15 is 0 Å². The van der Waals surface area contributed by atoms with Crippen LogP contribution in [0.1, 0.15) is 16.8 Å². The Bertz CT molecular complexity index is 562. The second kappa shape index (κ2) is 4.91. The van der Waals surface area contributed by atoms with Crippen molar-refractivity contribution in [2.75, 3.05) is 5.32 Å². The fraction of sp³-hybridized carbons (Fsp3) is 0.231. The Hall–Kier alpha value is -2.30. The van der Waals surface area contributed by atoms with Crippen molar-refractivity contribution in [3.05, 3.63) is 57.4 Å². The maximum Gasteiger partial charge on any atom is 0.272 e. The summed E-state index contributed by atoms with van der Waals surface area (Å²) in [6.07, 6.45) is 1.87. The molecule has 0 radical (unpaired) electrons. The van der Waals surface area contributed by atoms with Crippen LogP contribution in [0.4, 0.5) is 11.4 Å². The highest BCUT2D eigenvalue weighted by molar-refractivity contribution is 5.59. The third-order valence-electron chi connectivity index (χ3n) is 2.87. The minimum absolute atomic E-state index is 0.165. The van der Waals surface area contributed by atoms with E-state index in [1.54, 1.807) is 13.0 Å². The quantitative estimate of drug-likeness (QED) is 0.642. The second-order valence-corrected chi connectivity index (χ2v) is 4.26. The van der Waals surface area contributed by atoms with Crippen molar-refractivity contribution in [2.24, 2.45) is 0 Å². The summed E-state index contributed by atoms with van der Waals surface area (Å²) in [5.41, 5.74) is 3.70. The molecule has 0 aliphatic carbocycles. The summed E-state index contributed by atoms with van der Waals surface area (Å²) >= 11 is 0. The van der Waals surface area contributed by atoms with Crippen LogP contribution in [-0.4, -0.2) is 9.91 Å². The van der Waals surface area contributed by atoms with Crippen LogP contribution in [0, 0.1) is 24.0 Å². The molecule has 1 aromatic heterocycles. The van der Waals surface area contributed by atoms with Gasteiger partial charge in [0, 0.05) is 29.2 Å². The number of aromatic nitrogens is 1. The second-order valence-electron chi connectivity index (χ2n) is 4.26. The standard InChI is InChI=1S/C13H15N3O2/c1-9-7-13(16(17)18)10(2)6-12(9)15-8-11-4-3-5-14-11/h3-7,14-15H,8H2,1-2H3. The van der Waals surface area contributed by atoms with Gasteiger partial charge in [-0.25, -0.2) is 0 Å². The Morgan fingerprint density at radius 1 is 1.33 bits per heavy atom. The van der Waals surface area contributed by atoms with E-state index in [0.29, 0.717) is 12.1 Å². The lowest BCUT2D eigenvalue weighted by Gasteiger charge is -2.10. The lowest BCUT2D eigenvalue weighted by Crippen LogP contribution is -2.03. The lowest BCUT2D eigenvalue weighted by molar-refractivity contribution is -0.385. The van der Waals surface area contributed by atoms with Crippen molar-refractivity contribution < 1.29 is 4.92 Å². The first-order valence-corrected chi connectivity index (χ1v) is 5.69. The number of nitrogens with one attached hydrogen (secondary N) is 2. The number of benzene rings is 1. The number of nitro groups is 1. The van der Waals surface area contributed by atoms with Crippen molar-refractivity contribution in [1.82, 2.24) is 4.98 Å². The van der Waals surface area contributed by atoms with Crippen molar-refractivity contribution in [2.45, 2.75) is 20.4 Å². The van der Waals surface area contributed by atoms with Gasteiger partial charge in [-0.05, 0) is 37.6 Å². The van der Waals surface area contributed by atoms with E-state index in [-0.39, 0.29) is 10.6 Å². The predicted molar refractivity (Wildman–Crippen MR) is 70.7 cm³/mol. The summed E-state index contributed by atoms with van der Waals surface area (Å²) in [6, 6.07) is 7.34. The van der Waals surface area contributed by atoms with Gasteiger partial charge in [0.25, 0.3) is 5.69 Å². The van der Waals surface area contributed by atoms with Gasteiger partial charge >= 0.3 is 0 Å². The monoisotopic (exact) mass is 245 g/mol. The number of anilines is 1. The number of nitro benzene ring substituents is 1. The van der Waals surface area contributed by atoms with E-state index in [9.17, 15) is 10.1 Å². The molecule has 0 atom stereocenters. The van der Waals surface area contributed by atoms with Crippen LogP contribution in [0.2, 0.25) is 0 Å². The van der Waals surface area contributed by atoms with Crippen molar-refractivity contribution in [3.8, 4) is 0 Å². The molecule has 1 aromatic carbocycles. The van der Waals surface area contributed by atoms with Gasteiger partial charge in [0.2, 0.25) is 0 Å². The first kappa shape index (κ1) is 12.2. The number of aryl methyl sites for hydroxylation is 2. The maximum atomic E-state index is 10.8. The molecular weight excluding hydrogens is 230 g/mol. The van der Waals surface area contributed by atoms with Gasteiger partial charge in [-0.2, -0.15) is 0 Å². The van der Waals surface area contributed by atoms with E-state index in [1.807, 2.05) is 31.3 Å². The molecule has 2 N–H and O–H groups in total. The number of hydrogen-bond acceptors (Lipinski definition) is 3. The summed E-state index contributed by atoms with van der Waals surface area (Å²) < 4.78 is 0. The molecule has 2 rings (SSSR count). The van der Waals surface area contributed by atoms with E-state index in [4.69, 9.17) is 0 Å². The Morgan fingerprint density at radius 3 is 2.72 bits per heavy atom. The average molecular weight is 245 g/mol. The molecule has 18 heavy (non-hydrogen) atoms. The summed E-state index contributed by atoms with van der Waals surface area (Å²) in [5, 5.41) is 14.1. The summed E-state index contributed by atoms with van der Waals surface area (Å²) in [4.78, 5) is 13.6. The SMILES string of the molecule is Cc1cc([N+](=O)[O-])c(C)cc1NCc1ccc[nH]1. The topological polar surface area (TPSA) is 71.0 Å². The molecule has 0 unspecified atom stereocenters. The highest BCUT2D eigenvalue weighted by Gasteiger charge is 2.12. The van der Waals surface area contributed by atoms with Gasteiger partial charge in [0.1, 0.15) is 0 Å². The van der Waals surface area contributed by atoms with E-state index in [1.165, 1.54) is 0 Å². The van der Waals surface area contributed by atoms with Crippen LogP contribution in [0.15, 0.2) is 30.5 Å². The van der Waals surface area contributed by atoms with Crippen molar-refractivity contribution >= 4 is 11.4 Å².